The van der Waals surface area contributed by atoms with Crippen LogP contribution in [0.2, 0.25) is 0 Å². The van der Waals surface area contributed by atoms with Gasteiger partial charge < -0.3 is 25.5 Å². The van der Waals surface area contributed by atoms with Crippen LogP contribution in [0.3, 0.4) is 0 Å². The summed E-state index contributed by atoms with van der Waals surface area (Å²) in [5.74, 6) is -2.31. The molecular weight excluding hydrogens is 807 g/mol. The van der Waals surface area contributed by atoms with Crippen molar-refractivity contribution in [3.63, 3.8) is 0 Å². The number of aromatic nitrogens is 9. The molecule has 0 bridgehead atoms. The van der Waals surface area contributed by atoms with Crippen molar-refractivity contribution in [2.24, 2.45) is 0 Å². The number of aliphatic carboxylic acids is 3. The minimum absolute atomic E-state index is 0.0208. The summed E-state index contributed by atoms with van der Waals surface area (Å²) >= 11 is 12.0. The second-order valence-corrected chi connectivity index (χ2v) is 11.7. The van der Waals surface area contributed by atoms with Crippen LogP contribution in [0.15, 0.2) is 43.2 Å². The summed E-state index contributed by atoms with van der Waals surface area (Å²) in [5.41, 5.74) is -7.22. The van der Waals surface area contributed by atoms with E-state index in [0.717, 1.165) is 19.3 Å². The Morgan fingerprint density at radius 1 is 0.400 bits per heavy atom. The number of aromatic amines is 9. The Kier molecular flexibility index (Phi) is 35.2. The zero-order chi connectivity index (χ0) is 43.7. The fraction of sp³-hybridized carbons (Fsp3) is 0.538. The molecule has 0 aliphatic heterocycles. The molecule has 29 heteroatoms. The number of hydrogen-bond acceptors (Lipinski definition) is 17. The van der Waals surface area contributed by atoms with Crippen LogP contribution >= 0.6 is 37.9 Å². The average Bonchev–Trinajstić information content (AvgIpc) is 3.03. The Labute approximate surface area is 322 Å². The molecule has 3 unspecified atom stereocenters. The monoisotopic (exact) mass is 851 g/mol. The van der Waals surface area contributed by atoms with E-state index < -0.39 is 69.1 Å². The minimum atomic E-state index is -0.802. The van der Waals surface area contributed by atoms with Gasteiger partial charge in [-0.2, -0.15) is 37.9 Å². The van der Waals surface area contributed by atoms with Gasteiger partial charge in [0.1, 0.15) is 0 Å². The van der Waals surface area contributed by atoms with E-state index in [2.05, 4.69) is 37.9 Å². The molecule has 3 rings (SSSR count). The van der Waals surface area contributed by atoms with Crippen LogP contribution in [0.25, 0.3) is 0 Å². The van der Waals surface area contributed by atoms with Crippen molar-refractivity contribution in [1.82, 2.24) is 44.9 Å². The van der Waals surface area contributed by atoms with Gasteiger partial charge in [-0.05, 0) is 19.3 Å². The van der Waals surface area contributed by atoms with Crippen molar-refractivity contribution in [2.75, 3.05) is 13.2 Å². The van der Waals surface area contributed by atoms with E-state index in [4.69, 9.17) is 25.5 Å². The molecular formula is C26H45N9O17S3. The standard InChI is InChI=1S/3C5H10O2S.3C3H3N3O3.C2H6O2/c3*1-2-4(8)3-5(6)7;3*7-1-4-2(8)6-3(9)5-1;3-1-2-4/h3*4,8H,2-3H2,1H3,(H,6,7);3*(H3,4,5,6,7,8,9);3-4H,1-2H2. The van der Waals surface area contributed by atoms with Crippen molar-refractivity contribution < 1.29 is 39.9 Å². The molecule has 0 fully saturated rings. The van der Waals surface area contributed by atoms with Gasteiger partial charge in [0.25, 0.3) is 0 Å². The van der Waals surface area contributed by atoms with Crippen LogP contribution in [0.5, 0.6) is 0 Å². The fourth-order valence-electron chi connectivity index (χ4n) is 2.25. The maximum absolute atomic E-state index is 10.2. The first-order valence-electron chi connectivity index (χ1n) is 15.2. The largest absolute Gasteiger partial charge is 0.481 e. The highest BCUT2D eigenvalue weighted by Gasteiger charge is 2.05. The molecule has 0 saturated heterocycles. The number of carboxylic acid groups (broad SMARTS) is 3. The molecule has 0 spiro atoms. The van der Waals surface area contributed by atoms with Gasteiger partial charge in [-0.3, -0.25) is 59.2 Å². The van der Waals surface area contributed by atoms with E-state index in [9.17, 15) is 57.5 Å². The third-order valence-corrected chi connectivity index (χ3v) is 6.43. The zero-order valence-electron chi connectivity index (χ0n) is 29.4. The fourth-order valence-corrected chi connectivity index (χ4v) is 2.72. The summed E-state index contributed by atoms with van der Waals surface area (Å²) in [5, 5.41) is 39.8. The molecule has 3 aromatic rings. The second-order valence-electron chi connectivity index (χ2n) is 9.51. The molecule has 3 atom stereocenters. The molecule has 314 valence electrons. The van der Waals surface area contributed by atoms with Gasteiger partial charge in [-0.15, -0.1) is 0 Å². The molecule has 55 heavy (non-hydrogen) atoms. The molecule has 0 radical (unpaired) electrons. The number of nitrogens with one attached hydrogen (secondary N) is 9. The summed E-state index contributed by atoms with van der Waals surface area (Å²) < 4.78 is 0. The molecule has 3 aromatic heterocycles. The number of carbonyl (C=O) groups is 3. The van der Waals surface area contributed by atoms with Crippen LogP contribution in [0.1, 0.15) is 59.3 Å². The molecule has 26 nitrogen and oxygen atoms in total. The summed E-state index contributed by atoms with van der Waals surface area (Å²) in [7, 11) is 0. The third-order valence-electron chi connectivity index (χ3n) is 4.79. The van der Waals surface area contributed by atoms with Gasteiger partial charge in [0.2, 0.25) is 0 Å². The first-order chi connectivity index (χ1) is 25.5. The van der Waals surface area contributed by atoms with Crippen molar-refractivity contribution in [3.8, 4) is 0 Å². The van der Waals surface area contributed by atoms with Crippen molar-refractivity contribution in [2.45, 2.75) is 75.0 Å². The highest BCUT2D eigenvalue weighted by Crippen LogP contribution is 2.05. The number of carboxylic acids is 3. The summed E-state index contributed by atoms with van der Waals surface area (Å²) in [4.78, 5) is 137. The van der Waals surface area contributed by atoms with Crippen LogP contribution in [0, 0.1) is 0 Å². The molecule has 0 aliphatic rings. The number of thiol groups is 3. The summed E-state index contributed by atoms with van der Waals surface area (Å²) in [6.07, 6.45) is 2.94. The number of aliphatic hydroxyl groups excluding tert-OH is 2. The van der Waals surface area contributed by atoms with Crippen LogP contribution < -0.4 is 51.2 Å². The lowest BCUT2D eigenvalue weighted by Crippen LogP contribution is -2.34. The maximum atomic E-state index is 10.2. The lowest BCUT2D eigenvalue weighted by Gasteiger charge is -1.99. The molecule has 0 amide bonds. The molecule has 14 N–H and O–H groups in total. The van der Waals surface area contributed by atoms with Crippen LogP contribution in [0.4, 0.5) is 0 Å². The molecule has 3 heterocycles. The lowest BCUT2D eigenvalue weighted by molar-refractivity contribution is -0.138. The topological polar surface area (TPSA) is 448 Å². The van der Waals surface area contributed by atoms with E-state index >= 15 is 0 Å². The van der Waals surface area contributed by atoms with Gasteiger partial charge >= 0.3 is 69.1 Å². The predicted octanol–water partition coefficient (Wildman–Crippen LogP) is -4.27. The Morgan fingerprint density at radius 2 is 0.527 bits per heavy atom. The highest BCUT2D eigenvalue weighted by molar-refractivity contribution is 7.81. The maximum Gasteiger partial charge on any atom is 0.330 e. The predicted molar refractivity (Wildman–Crippen MR) is 205 cm³/mol. The Hall–Kier alpha value is -5.39. The lowest BCUT2D eigenvalue weighted by atomic mass is 10.2. The van der Waals surface area contributed by atoms with Crippen molar-refractivity contribution in [3.05, 3.63) is 94.4 Å². The van der Waals surface area contributed by atoms with Gasteiger partial charge in [-0.1, -0.05) is 20.8 Å². The Bertz CT molecular complexity index is 1580. The Balaban J connectivity index is -0.000000279. The highest BCUT2D eigenvalue weighted by atomic mass is 32.1. The minimum Gasteiger partial charge on any atom is -0.481 e. The van der Waals surface area contributed by atoms with E-state index in [1.165, 1.54) is 0 Å². The number of H-pyrrole nitrogens is 9. The zero-order valence-corrected chi connectivity index (χ0v) is 32.0. The van der Waals surface area contributed by atoms with E-state index in [0.29, 0.717) is 0 Å². The van der Waals surface area contributed by atoms with Crippen LogP contribution in [-0.4, -0.2) is 117 Å². The number of hydrogen-bond donors (Lipinski definition) is 17. The van der Waals surface area contributed by atoms with Gasteiger partial charge in [0, 0.05) is 15.7 Å². The summed E-state index contributed by atoms with van der Waals surface area (Å²) in [6, 6.07) is 0. The van der Waals surface area contributed by atoms with Crippen molar-refractivity contribution in [1.29, 1.82) is 0 Å². The average molecular weight is 852 g/mol. The van der Waals surface area contributed by atoms with Gasteiger partial charge in [0.15, 0.2) is 0 Å². The van der Waals surface area contributed by atoms with Crippen molar-refractivity contribution >= 4 is 55.8 Å². The smallest absolute Gasteiger partial charge is 0.330 e. The van der Waals surface area contributed by atoms with E-state index in [1.54, 1.807) is 44.9 Å². The number of aliphatic hydroxyl groups is 2. The second kappa shape index (κ2) is 34.4. The molecule has 0 aromatic carbocycles. The van der Waals surface area contributed by atoms with Crippen LogP contribution in [-0.2, 0) is 14.4 Å². The third kappa shape index (κ3) is 42.9. The molecule has 0 aliphatic carbocycles. The quantitative estimate of drug-likeness (QED) is 0.0859. The van der Waals surface area contributed by atoms with Gasteiger partial charge in [-0.25, -0.2) is 43.2 Å². The number of rotatable bonds is 10. The molecule has 0 saturated carbocycles. The first kappa shape index (κ1) is 56.4. The van der Waals surface area contributed by atoms with E-state index in [1.807, 2.05) is 20.8 Å². The summed E-state index contributed by atoms with van der Waals surface area (Å²) in [6.45, 7) is 5.50. The first-order valence-corrected chi connectivity index (χ1v) is 16.7. The van der Waals surface area contributed by atoms with Gasteiger partial charge in [0.05, 0.1) is 32.5 Å². The Morgan fingerprint density at radius 3 is 0.582 bits per heavy atom. The normalized spacial score (nSPS) is 10.9. The SMILES string of the molecule is CCC(S)CC(=O)O.CCC(S)CC(=O)O.CCC(S)CC(=O)O.O=c1[nH]c(=O)[nH]c(=O)[nH]1.O=c1[nH]c(=O)[nH]c(=O)[nH]1.O=c1[nH]c(=O)[nH]c(=O)[nH]1.OCCO. The van der Waals surface area contributed by atoms with E-state index in [-0.39, 0.29) is 48.2 Å².